The van der Waals surface area contributed by atoms with Gasteiger partial charge in [0.1, 0.15) is 0 Å². The summed E-state index contributed by atoms with van der Waals surface area (Å²) in [5, 5.41) is 3.43. The maximum Gasteiger partial charge on any atom is 0.227 e. The summed E-state index contributed by atoms with van der Waals surface area (Å²) in [4.78, 5) is 15.1. The van der Waals surface area contributed by atoms with Gasteiger partial charge in [0.25, 0.3) is 0 Å². The van der Waals surface area contributed by atoms with Crippen LogP contribution in [0.3, 0.4) is 0 Å². The van der Waals surface area contributed by atoms with Crippen LogP contribution >= 0.6 is 0 Å². The van der Waals surface area contributed by atoms with Crippen molar-refractivity contribution in [3.63, 3.8) is 0 Å². The second kappa shape index (κ2) is 5.82. The van der Waals surface area contributed by atoms with Gasteiger partial charge in [-0.05, 0) is 50.5 Å². The molecular weight excluding hydrogens is 236 g/mol. The van der Waals surface area contributed by atoms with E-state index in [1.165, 1.54) is 38.5 Å². The van der Waals surface area contributed by atoms with E-state index >= 15 is 0 Å². The number of hydrogen-bond donors (Lipinski definition) is 1. The van der Waals surface area contributed by atoms with Gasteiger partial charge in [0, 0.05) is 19.1 Å². The number of piperidine rings is 2. The molecule has 1 amide bonds. The van der Waals surface area contributed by atoms with Crippen LogP contribution in [-0.4, -0.2) is 36.5 Å². The Hall–Kier alpha value is -0.570. The Balaban J connectivity index is 1.67. The molecular formula is C16H28N2O. The van der Waals surface area contributed by atoms with Crippen molar-refractivity contribution in [3.8, 4) is 0 Å². The summed E-state index contributed by atoms with van der Waals surface area (Å²) < 4.78 is 0. The fourth-order valence-corrected chi connectivity index (χ4v) is 4.48. The van der Waals surface area contributed by atoms with E-state index in [0.717, 1.165) is 32.0 Å². The number of fused-ring (bicyclic) bond motifs is 1. The van der Waals surface area contributed by atoms with Gasteiger partial charge in [-0.25, -0.2) is 0 Å². The molecule has 1 N–H and O–H groups in total. The smallest absolute Gasteiger partial charge is 0.227 e. The molecule has 3 heteroatoms. The fourth-order valence-electron chi connectivity index (χ4n) is 4.48. The largest absolute Gasteiger partial charge is 0.339 e. The average molecular weight is 264 g/mol. The third-order valence-electron chi connectivity index (χ3n) is 5.45. The van der Waals surface area contributed by atoms with Gasteiger partial charge < -0.3 is 10.2 Å². The van der Waals surface area contributed by atoms with Gasteiger partial charge in [0.05, 0.1) is 5.92 Å². The third-order valence-corrected chi connectivity index (χ3v) is 5.45. The van der Waals surface area contributed by atoms with Crippen LogP contribution in [-0.2, 0) is 4.79 Å². The molecule has 0 aromatic rings. The zero-order chi connectivity index (χ0) is 13.2. The summed E-state index contributed by atoms with van der Waals surface area (Å²) in [6.45, 7) is 5.25. The molecule has 0 spiro atoms. The van der Waals surface area contributed by atoms with E-state index in [-0.39, 0.29) is 5.92 Å². The van der Waals surface area contributed by atoms with Gasteiger partial charge in [-0.1, -0.05) is 19.8 Å². The first-order valence-corrected chi connectivity index (χ1v) is 8.27. The highest BCUT2D eigenvalue weighted by Gasteiger charge is 2.38. The highest BCUT2D eigenvalue weighted by molar-refractivity contribution is 5.79. The quantitative estimate of drug-likeness (QED) is 0.789. The van der Waals surface area contributed by atoms with Crippen molar-refractivity contribution in [1.29, 1.82) is 0 Å². The molecule has 0 bridgehead atoms. The number of nitrogens with zero attached hydrogens (tertiary/aromatic N) is 1. The van der Waals surface area contributed by atoms with E-state index in [2.05, 4.69) is 17.1 Å². The number of hydrogen-bond acceptors (Lipinski definition) is 2. The molecule has 19 heavy (non-hydrogen) atoms. The minimum Gasteiger partial charge on any atom is -0.339 e. The SMILES string of the molecule is CC1CNCC(C(=O)N2CCC[C@H]3CCCC[C@H]32)C1. The molecule has 1 saturated carbocycles. The van der Waals surface area contributed by atoms with Crippen molar-refractivity contribution in [1.82, 2.24) is 10.2 Å². The number of nitrogens with one attached hydrogen (secondary N) is 1. The first-order chi connectivity index (χ1) is 9.25. The normalized spacial score (nSPS) is 39.7. The van der Waals surface area contributed by atoms with Crippen LogP contribution in [0.15, 0.2) is 0 Å². The van der Waals surface area contributed by atoms with Crippen molar-refractivity contribution in [2.45, 2.75) is 57.9 Å². The molecule has 0 radical (unpaired) electrons. The molecule has 0 aromatic heterocycles. The van der Waals surface area contributed by atoms with Crippen molar-refractivity contribution in [2.75, 3.05) is 19.6 Å². The second-order valence-corrected chi connectivity index (χ2v) is 6.98. The molecule has 3 nitrogen and oxygen atoms in total. The van der Waals surface area contributed by atoms with E-state index in [1.54, 1.807) is 0 Å². The zero-order valence-electron chi connectivity index (χ0n) is 12.2. The third kappa shape index (κ3) is 2.81. The average Bonchev–Trinajstić information content (AvgIpc) is 2.46. The van der Waals surface area contributed by atoms with Crippen LogP contribution in [0.4, 0.5) is 0 Å². The van der Waals surface area contributed by atoms with Gasteiger partial charge in [0.15, 0.2) is 0 Å². The van der Waals surface area contributed by atoms with Crippen molar-refractivity contribution >= 4 is 5.91 Å². The van der Waals surface area contributed by atoms with Gasteiger partial charge in [-0.15, -0.1) is 0 Å². The molecule has 2 heterocycles. The molecule has 3 fully saturated rings. The van der Waals surface area contributed by atoms with Crippen LogP contribution in [0.1, 0.15) is 51.9 Å². The van der Waals surface area contributed by atoms with Crippen molar-refractivity contribution < 1.29 is 4.79 Å². The van der Waals surface area contributed by atoms with Crippen LogP contribution in [0.2, 0.25) is 0 Å². The van der Waals surface area contributed by atoms with E-state index < -0.39 is 0 Å². The number of carbonyl (C=O) groups excluding carboxylic acids is 1. The number of amides is 1. The molecule has 2 unspecified atom stereocenters. The van der Waals surface area contributed by atoms with E-state index in [4.69, 9.17) is 0 Å². The Morgan fingerprint density at radius 1 is 1.11 bits per heavy atom. The minimum absolute atomic E-state index is 0.240. The lowest BCUT2D eigenvalue weighted by atomic mass is 9.77. The number of likely N-dealkylation sites (tertiary alicyclic amines) is 1. The summed E-state index contributed by atoms with van der Waals surface area (Å²) in [5.74, 6) is 2.15. The van der Waals surface area contributed by atoms with Crippen LogP contribution < -0.4 is 5.32 Å². The Bertz CT molecular complexity index is 329. The van der Waals surface area contributed by atoms with E-state index in [9.17, 15) is 4.79 Å². The monoisotopic (exact) mass is 264 g/mol. The predicted octanol–water partition coefficient (Wildman–Crippen LogP) is 2.41. The Labute approximate surface area is 117 Å². The summed E-state index contributed by atoms with van der Waals surface area (Å²) in [5.41, 5.74) is 0. The lowest BCUT2D eigenvalue weighted by Crippen LogP contribution is -2.54. The topological polar surface area (TPSA) is 32.3 Å². The Kier molecular flexibility index (Phi) is 4.11. The van der Waals surface area contributed by atoms with Crippen molar-refractivity contribution in [2.24, 2.45) is 17.8 Å². The molecule has 2 saturated heterocycles. The molecule has 3 rings (SSSR count). The van der Waals surface area contributed by atoms with Crippen LogP contribution in [0, 0.1) is 17.8 Å². The summed E-state index contributed by atoms with van der Waals surface area (Å²) in [7, 11) is 0. The summed E-state index contributed by atoms with van der Waals surface area (Å²) >= 11 is 0. The van der Waals surface area contributed by atoms with E-state index in [1.807, 2.05) is 0 Å². The summed E-state index contributed by atoms with van der Waals surface area (Å²) in [6.07, 6.45) is 8.98. The number of carbonyl (C=O) groups is 1. The second-order valence-electron chi connectivity index (χ2n) is 6.98. The maximum absolute atomic E-state index is 12.8. The van der Waals surface area contributed by atoms with Crippen LogP contribution in [0.5, 0.6) is 0 Å². The fraction of sp³-hybridized carbons (Fsp3) is 0.938. The van der Waals surface area contributed by atoms with Gasteiger partial charge in [-0.2, -0.15) is 0 Å². The van der Waals surface area contributed by atoms with E-state index in [0.29, 0.717) is 17.9 Å². The molecule has 108 valence electrons. The standard InChI is InChI=1S/C16H28N2O/c1-12-9-14(11-17-10-12)16(19)18-8-4-6-13-5-2-3-7-15(13)18/h12-15,17H,2-11H2,1H3/t12?,13-,14?,15-/m1/s1. The Morgan fingerprint density at radius 3 is 2.74 bits per heavy atom. The predicted molar refractivity (Wildman–Crippen MR) is 76.8 cm³/mol. The highest BCUT2D eigenvalue weighted by Crippen LogP contribution is 2.36. The van der Waals surface area contributed by atoms with Crippen molar-refractivity contribution in [3.05, 3.63) is 0 Å². The first-order valence-electron chi connectivity index (χ1n) is 8.27. The highest BCUT2D eigenvalue weighted by atomic mass is 16.2. The minimum atomic E-state index is 0.240. The molecule has 3 aliphatic rings. The molecule has 2 aliphatic heterocycles. The van der Waals surface area contributed by atoms with Crippen LogP contribution in [0.25, 0.3) is 0 Å². The number of rotatable bonds is 1. The van der Waals surface area contributed by atoms with Gasteiger partial charge in [0.2, 0.25) is 5.91 Å². The van der Waals surface area contributed by atoms with Gasteiger partial charge >= 0.3 is 0 Å². The van der Waals surface area contributed by atoms with Gasteiger partial charge in [-0.3, -0.25) is 4.79 Å². The maximum atomic E-state index is 12.8. The summed E-state index contributed by atoms with van der Waals surface area (Å²) in [6, 6.07) is 0.576. The molecule has 1 aliphatic carbocycles. The zero-order valence-corrected chi connectivity index (χ0v) is 12.2. The first kappa shape index (κ1) is 13.4. The lowest BCUT2D eigenvalue weighted by Gasteiger charge is -2.46. The lowest BCUT2D eigenvalue weighted by molar-refractivity contribution is -0.143. The Morgan fingerprint density at radius 2 is 1.89 bits per heavy atom. The molecule has 4 atom stereocenters. The molecule has 0 aromatic carbocycles.